The third-order valence-corrected chi connectivity index (χ3v) is 3.03. The van der Waals surface area contributed by atoms with E-state index in [1.165, 1.54) is 19.2 Å². The van der Waals surface area contributed by atoms with Crippen LogP contribution in [-0.4, -0.2) is 13.1 Å². The van der Waals surface area contributed by atoms with Gasteiger partial charge in [0.25, 0.3) is 0 Å². The summed E-state index contributed by atoms with van der Waals surface area (Å²) in [6.07, 6.45) is 0. The van der Waals surface area contributed by atoms with E-state index in [2.05, 4.69) is 5.48 Å². The number of carbonyl (C=O) groups excluding carboxylic acids is 1. The number of para-hydroxylation sites is 1. The van der Waals surface area contributed by atoms with Crippen LogP contribution >= 0.6 is 23.2 Å². The van der Waals surface area contributed by atoms with Crippen molar-refractivity contribution in [2.45, 2.75) is 0 Å². The van der Waals surface area contributed by atoms with Crippen LogP contribution in [0.3, 0.4) is 0 Å². The summed E-state index contributed by atoms with van der Waals surface area (Å²) in [5.41, 5.74) is 3.43. The van der Waals surface area contributed by atoms with Crippen LogP contribution in [0, 0.1) is 0 Å². The van der Waals surface area contributed by atoms with Gasteiger partial charge in [-0.1, -0.05) is 41.4 Å². The summed E-state index contributed by atoms with van der Waals surface area (Å²) in [6.45, 7) is 0. The summed E-state index contributed by atoms with van der Waals surface area (Å²) in [5, 5.41) is 0.485. The van der Waals surface area contributed by atoms with E-state index >= 15 is 0 Å². The fourth-order valence-electron chi connectivity index (χ4n) is 1.54. The predicted octanol–water partition coefficient (Wildman–Crippen LogP) is 4.19. The van der Waals surface area contributed by atoms with Gasteiger partial charge in [0.15, 0.2) is 5.75 Å². The van der Waals surface area contributed by atoms with Gasteiger partial charge in [-0.2, -0.15) is 0 Å². The number of ether oxygens (including phenoxy) is 1. The molecule has 20 heavy (non-hydrogen) atoms. The number of nitrogens with one attached hydrogen (secondary N) is 1. The van der Waals surface area contributed by atoms with Crippen molar-refractivity contribution >= 4 is 34.9 Å². The molecule has 0 radical (unpaired) electrons. The number of hydrogen-bond donors (Lipinski definition) is 1. The molecule has 0 aromatic heterocycles. The molecule has 0 atom stereocenters. The predicted molar refractivity (Wildman–Crippen MR) is 78.5 cm³/mol. The lowest BCUT2D eigenvalue weighted by molar-refractivity contribution is 0.0596. The van der Waals surface area contributed by atoms with Gasteiger partial charge >= 0.3 is 5.97 Å². The van der Waals surface area contributed by atoms with Gasteiger partial charge in [-0.05, 0) is 24.3 Å². The molecule has 0 spiro atoms. The van der Waals surface area contributed by atoms with E-state index in [4.69, 9.17) is 32.8 Å². The molecule has 0 aliphatic rings. The van der Waals surface area contributed by atoms with Crippen molar-refractivity contribution in [3.05, 3.63) is 58.1 Å². The van der Waals surface area contributed by atoms with Crippen LogP contribution in [0.5, 0.6) is 5.75 Å². The second-order valence-electron chi connectivity index (χ2n) is 3.83. The fraction of sp³-hybridized carbons (Fsp3) is 0.0714. The Morgan fingerprint density at radius 2 is 1.70 bits per heavy atom. The van der Waals surface area contributed by atoms with Crippen molar-refractivity contribution in [3.8, 4) is 5.75 Å². The number of methoxy groups -OCH3 is 1. The highest BCUT2D eigenvalue weighted by Gasteiger charge is 2.14. The number of benzene rings is 2. The van der Waals surface area contributed by atoms with Crippen LogP contribution < -0.4 is 10.2 Å². The Morgan fingerprint density at radius 3 is 2.25 bits per heavy atom. The molecular weight excluding hydrogens is 301 g/mol. The first-order chi connectivity index (χ1) is 9.61. The maximum absolute atomic E-state index is 11.9. The van der Waals surface area contributed by atoms with Gasteiger partial charge in [-0.25, -0.2) is 10.3 Å². The van der Waals surface area contributed by atoms with Crippen molar-refractivity contribution in [3.63, 3.8) is 0 Å². The first kappa shape index (κ1) is 14.5. The molecule has 2 rings (SSSR count). The smallest absolute Gasteiger partial charge is 0.362 e. The lowest BCUT2D eigenvalue weighted by atomic mass is 10.2. The minimum Gasteiger partial charge on any atom is -0.494 e. The Labute approximate surface area is 126 Å². The summed E-state index contributed by atoms with van der Waals surface area (Å²) in [4.78, 5) is 16.8. The van der Waals surface area contributed by atoms with E-state index in [0.29, 0.717) is 11.4 Å². The second kappa shape index (κ2) is 6.50. The Kier molecular flexibility index (Phi) is 4.71. The molecule has 0 bridgehead atoms. The average Bonchev–Trinajstić information content (AvgIpc) is 2.45. The number of carbonyl (C=O) groups is 1. The van der Waals surface area contributed by atoms with E-state index in [-0.39, 0.29) is 15.6 Å². The zero-order chi connectivity index (χ0) is 14.5. The lowest BCUT2D eigenvalue weighted by Gasteiger charge is -2.09. The summed E-state index contributed by atoms with van der Waals surface area (Å²) in [6, 6.07) is 11.9. The molecule has 0 saturated heterocycles. The molecule has 6 heteroatoms. The molecule has 0 heterocycles. The third kappa shape index (κ3) is 3.35. The van der Waals surface area contributed by atoms with Gasteiger partial charge in [0.05, 0.1) is 28.4 Å². The molecule has 0 aliphatic heterocycles. The highest BCUT2D eigenvalue weighted by molar-refractivity contribution is 6.37. The average molecular weight is 312 g/mol. The third-order valence-electron chi connectivity index (χ3n) is 2.47. The minimum absolute atomic E-state index is 0.226. The van der Waals surface area contributed by atoms with E-state index in [9.17, 15) is 4.79 Å². The summed E-state index contributed by atoms with van der Waals surface area (Å²) < 4.78 is 5.01. The zero-order valence-electron chi connectivity index (χ0n) is 10.5. The van der Waals surface area contributed by atoms with Gasteiger partial charge in [-0.3, -0.25) is 0 Å². The number of hydrogen-bond acceptors (Lipinski definition) is 4. The molecule has 2 aromatic carbocycles. The number of rotatable bonds is 4. The summed E-state index contributed by atoms with van der Waals surface area (Å²) >= 11 is 11.9. The van der Waals surface area contributed by atoms with Crippen LogP contribution in [0.1, 0.15) is 10.4 Å². The molecule has 104 valence electrons. The molecule has 0 unspecified atom stereocenters. The van der Waals surface area contributed by atoms with Gasteiger partial charge in [0, 0.05) is 0 Å². The summed E-state index contributed by atoms with van der Waals surface area (Å²) in [5.74, 6) is -0.277. The highest BCUT2D eigenvalue weighted by Crippen LogP contribution is 2.33. The highest BCUT2D eigenvalue weighted by atomic mass is 35.5. The SMILES string of the molecule is COc1c(Cl)cc(C(=O)ONc2ccccc2)cc1Cl. The van der Waals surface area contributed by atoms with Crippen molar-refractivity contribution in [2.24, 2.45) is 0 Å². The normalized spacial score (nSPS) is 9.95. The van der Waals surface area contributed by atoms with Crippen molar-refractivity contribution in [1.29, 1.82) is 0 Å². The number of anilines is 1. The van der Waals surface area contributed by atoms with E-state index in [1.807, 2.05) is 18.2 Å². The van der Waals surface area contributed by atoms with Gasteiger partial charge < -0.3 is 9.57 Å². The quantitative estimate of drug-likeness (QED) is 0.860. The fourth-order valence-corrected chi connectivity index (χ4v) is 2.18. The Bertz CT molecular complexity index is 594. The van der Waals surface area contributed by atoms with Gasteiger partial charge in [-0.15, -0.1) is 0 Å². The molecule has 0 aliphatic carbocycles. The van der Waals surface area contributed by atoms with Crippen molar-refractivity contribution < 1.29 is 14.4 Å². The van der Waals surface area contributed by atoms with E-state index in [1.54, 1.807) is 12.1 Å². The first-order valence-corrected chi connectivity index (χ1v) is 6.42. The van der Waals surface area contributed by atoms with E-state index in [0.717, 1.165) is 0 Å². The van der Waals surface area contributed by atoms with Crippen molar-refractivity contribution in [1.82, 2.24) is 0 Å². The summed E-state index contributed by atoms with van der Waals surface area (Å²) in [7, 11) is 1.45. The Balaban J connectivity index is 2.10. The zero-order valence-corrected chi connectivity index (χ0v) is 12.0. The Hall–Kier alpha value is -1.91. The largest absolute Gasteiger partial charge is 0.494 e. The van der Waals surface area contributed by atoms with Gasteiger partial charge in [0.2, 0.25) is 0 Å². The molecular formula is C14H11Cl2NO3. The minimum atomic E-state index is -0.597. The van der Waals surface area contributed by atoms with Crippen molar-refractivity contribution in [2.75, 3.05) is 12.6 Å². The molecule has 4 nitrogen and oxygen atoms in total. The molecule has 1 N–H and O–H groups in total. The Morgan fingerprint density at radius 1 is 1.10 bits per heavy atom. The molecule has 0 saturated carbocycles. The van der Waals surface area contributed by atoms with Gasteiger partial charge in [0.1, 0.15) is 0 Å². The van der Waals surface area contributed by atoms with Crippen LogP contribution in [-0.2, 0) is 4.84 Å². The maximum atomic E-state index is 11.9. The van der Waals surface area contributed by atoms with Crippen LogP contribution in [0.2, 0.25) is 10.0 Å². The monoisotopic (exact) mass is 311 g/mol. The second-order valence-corrected chi connectivity index (χ2v) is 4.65. The number of halogens is 2. The topological polar surface area (TPSA) is 47.6 Å². The standard InChI is InChI=1S/C14H11Cl2NO3/c1-19-13-11(15)7-9(8-12(13)16)14(18)20-17-10-5-3-2-4-6-10/h2-8,17H,1H3. The van der Waals surface area contributed by atoms with Crippen LogP contribution in [0.4, 0.5) is 5.69 Å². The first-order valence-electron chi connectivity index (χ1n) is 5.67. The van der Waals surface area contributed by atoms with Crippen LogP contribution in [0.25, 0.3) is 0 Å². The lowest BCUT2D eigenvalue weighted by Crippen LogP contribution is -2.11. The maximum Gasteiger partial charge on any atom is 0.362 e. The molecule has 0 fully saturated rings. The molecule has 2 aromatic rings. The molecule has 0 amide bonds. The van der Waals surface area contributed by atoms with E-state index < -0.39 is 5.97 Å². The van der Waals surface area contributed by atoms with Crippen LogP contribution in [0.15, 0.2) is 42.5 Å².